The standard InChI is InChI=1S/C22H21ClFN5O2/c23-21-19(14-25-29(22(21)31)18-4-2-1-3-5-18)28-12-10-27(11-13-28)15-20(30)26-17-8-6-16(24)7-9-17/h1-9,14H,10-13,15H2,(H,26,30). The van der Waals surface area contributed by atoms with Crippen molar-refractivity contribution in [2.24, 2.45) is 0 Å². The lowest BCUT2D eigenvalue weighted by molar-refractivity contribution is -0.117. The summed E-state index contributed by atoms with van der Waals surface area (Å²) in [4.78, 5) is 29.0. The van der Waals surface area contributed by atoms with E-state index in [0.29, 0.717) is 43.2 Å². The molecular weight excluding hydrogens is 421 g/mol. The van der Waals surface area contributed by atoms with Crippen LogP contribution in [0.5, 0.6) is 0 Å². The lowest BCUT2D eigenvalue weighted by Crippen LogP contribution is -2.49. The number of rotatable bonds is 5. The van der Waals surface area contributed by atoms with Crippen LogP contribution >= 0.6 is 11.6 Å². The Balaban J connectivity index is 1.36. The number of para-hydroxylation sites is 1. The van der Waals surface area contributed by atoms with Gasteiger partial charge in [0.15, 0.2) is 0 Å². The first-order chi connectivity index (χ1) is 15.0. The van der Waals surface area contributed by atoms with Crippen molar-refractivity contribution >= 4 is 28.9 Å². The van der Waals surface area contributed by atoms with Gasteiger partial charge in [-0.25, -0.2) is 4.39 Å². The summed E-state index contributed by atoms with van der Waals surface area (Å²) in [6.07, 6.45) is 1.60. The molecule has 1 aliphatic heterocycles. The van der Waals surface area contributed by atoms with Crippen molar-refractivity contribution in [1.82, 2.24) is 14.7 Å². The number of hydrogen-bond acceptors (Lipinski definition) is 5. The molecule has 31 heavy (non-hydrogen) atoms. The average molecular weight is 442 g/mol. The summed E-state index contributed by atoms with van der Waals surface area (Å²) < 4.78 is 14.3. The molecular formula is C22H21ClFN5O2. The first-order valence-electron chi connectivity index (χ1n) is 9.87. The summed E-state index contributed by atoms with van der Waals surface area (Å²) in [7, 11) is 0. The molecule has 160 valence electrons. The van der Waals surface area contributed by atoms with Crippen LogP contribution in [0, 0.1) is 5.82 Å². The summed E-state index contributed by atoms with van der Waals surface area (Å²) in [5, 5.41) is 7.17. The van der Waals surface area contributed by atoms with Gasteiger partial charge in [-0.15, -0.1) is 0 Å². The van der Waals surface area contributed by atoms with Crippen LogP contribution in [-0.2, 0) is 4.79 Å². The Kier molecular flexibility index (Phi) is 6.29. The molecule has 4 rings (SSSR count). The Hall–Kier alpha value is -3.23. The summed E-state index contributed by atoms with van der Waals surface area (Å²) in [6, 6.07) is 14.8. The molecule has 0 atom stereocenters. The van der Waals surface area contributed by atoms with Gasteiger partial charge in [-0.2, -0.15) is 9.78 Å². The number of carbonyl (C=O) groups excluding carboxylic acids is 1. The van der Waals surface area contributed by atoms with Gasteiger partial charge in [-0.05, 0) is 36.4 Å². The molecule has 3 aromatic rings. The zero-order chi connectivity index (χ0) is 21.8. The minimum Gasteiger partial charge on any atom is -0.366 e. The summed E-state index contributed by atoms with van der Waals surface area (Å²) in [5.74, 6) is -0.510. The molecule has 2 aromatic carbocycles. The maximum Gasteiger partial charge on any atom is 0.292 e. The predicted octanol–water partition coefficient (Wildman–Crippen LogP) is 2.79. The molecule has 1 fully saturated rings. The molecule has 0 radical (unpaired) electrons. The minimum atomic E-state index is -0.369. The van der Waals surface area contributed by atoms with E-state index in [-0.39, 0.29) is 28.9 Å². The molecule has 2 heterocycles. The second kappa shape index (κ2) is 9.28. The number of amides is 1. The highest BCUT2D eigenvalue weighted by Gasteiger charge is 2.22. The zero-order valence-electron chi connectivity index (χ0n) is 16.7. The fraction of sp³-hybridized carbons (Fsp3) is 0.227. The fourth-order valence-corrected chi connectivity index (χ4v) is 3.73. The molecule has 1 aliphatic rings. The van der Waals surface area contributed by atoms with Crippen molar-refractivity contribution in [2.45, 2.75) is 0 Å². The molecule has 0 bridgehead atoms. The van der Waals surface area contributed by atoms with Gasteiger partial charge in [-0.3, -0.25) is 14.5 Å². The largest absolute Gasteiger partial charge is 0.366 e. The molecule has 0 saturated carbocycles. The Labute approximate surface area is 183 Å². The maximum atomic E-state index is 13.0. The number of anilines is 2. The van der Waals surface area contributed by atoms with Crippen LogP contribution < -0.4 is 15.8 Å². The predicted molar refractivity (Wildman–Crippen MR) is 119 cm³/mol. The van der Waals surface area contributed by atoms with E-state index in [1.165, 1.54) is 28.9 Å². The SMILES string of the molecule is O=C(CN1CCN(c2cnn(-c3ccccc3)c(=O)c2Cl)CC1)Nc1ccc(F)cc1. The van der Waals surface area contributed by atoms with E-state index >= 15 is 0 Å². The third-order valence-electron chi connectivity index (χ3n) is 5.11. The van der Waals surface area contributed by atoms with Gasteiger partial charge in [-0.1, -0.05) is 29.8 Å². The number of halogens is 2. The smallest absolute Gasteiger partial charge is 0.292 e. The molecule has 9 heteroatoms. The van der Waals surface area contributed by atoms with E-state index in [1.807, 2.05) is 28.0 Å². The quantitative estimate of drug-likeness (QED) is 0.659. The lowest BCUT2D eigenvalue weighted by Gasteiger charge is -2.35. The Morgan fingerprint density at radius 2 is 1.71 bits per heavy atom. The van der Waals surface area contributed by atoms with Crippen LogP contribution in [0.1, 0.15) is 0 Å². The maximum absolute atomic E-state index is 13.0. The summed E-state index contributed by atoms with van der Waals surface area (Å²) >= 11 is 6.38. The topological polar surface area (TPSA) is 70.5 Å². The minimum absolute atomic E-state index is 0.126. The van der Waals surface area contributed by atoms with E-state index in [9.17, 15) is 14.0 Å². The molecule has 1 N–H and O–H groups in total. The van der Waals surface area contributed by atoms with Crippen LogP contribution in [0.2, 0.25) is 5.02 Å². The Bertz CT molecular complexity index is 1110. The second-order valence-electron chi connectivity index (χ2n) is 7.21. The number of nitrogens with one attached hydrogen (secondary N) is 1. The van der Waals surface area contributed by atoms with Crippen molar-refractivity contribution in [3.63, 3.8) is 0 Å². The van der Waals surface area contributed by atoms with E-state index in [2.05, 4.69) is 10.4 Å². The molecule has 1 aromatic heterocycles. The fourth-order valence-electron chi connectivity index (χ4n) is 3.48. The molecule has 0 unspecified atom stereocenters. The van der Waals surface area contributed by atoms with Crippen molar-refractivity contribution in [3.05, 3.63) is 82.0 Å². The van der Waals surface area contributed by atoms with Crippen molar-refractivity contribution in [3.8, 4) is 5.69 Å². The molecule has 0 spiro atoms. The molecule has 7 nitrogen and oxygen atoms in total. The van der Waals surface area contributed by atoms with Gasteiger partial charge in [0.05, 0.1) is 24.1 Å². The molecule has 1 amide bonds. The monoisotopic (exact) mass is 441 g/mol. The van der Waals surface area contributed by atoms with Crippen LogP contribution in [0.3, 0.4) is 0 Å². The molecule has 1 saturated heterocycles. The Morgan fingerprint density at radius 1 is 1.03 bits per heavy atom. The molecule has 0 aliphatic carbocycles. The van der Waals surface area contributed by atoms with Gasteiger partial charge in [0.25, 0.3) is 5.56 Å². The van der Waals surface area contributed by atoms with Gasteiger partial charge >= 0.3 is 0 Å². The van der Waals surface area contributed by atoms with Crippen LogP contribution in [-0.4, -0.2) is 53.3 Å². The third kappa shape index (κ3) is 4.92. The van der Waals surface area contributed by atoms with Gasteiger partial charge in [0.2, 0.25) is 5.91 Å². The van der Waals surface area contributed by atoms with E-state index in [1.54, 1.807) is 18.3 Å². The van der Waals surface area contributed by atoms with E-state index < -0.39 is 0 Å². The lowest BCUT2D eigenvalue weighted by atomic mass is 10.2. The first-order valence-corrected chi connectivity index (χ1v) is 10.2. The Morgan fingerprint density at radius 3 is 2.39 bits per heavy atom. The number of nitrogens with zero attached hydrogens (tertiary/aromatic N) is 4. The van der Waals surface area contributed by atoms with Crippen LogP contribution in [0.15, 0.2) is 65.6 Å². The normalized spacial score (nSPS) is 14.5. The van der Waals surface area contributed by atoms with Crippen molar-refractivity contribution < 1.29 is 9.18 Å². The highest BCUT2D eigenvalue weighted by atomic mass is 35.5. The highest BCUT2D eigenvalue weighted by Crippen LogP contribution is 2.23. The van der Waals surface area contributed by atoms with Gasteiger partial charge < -0.3 is 10.2 Å². The number of piperazine rings is 1. The van der Waals surface area contributed by atoms with Gasteiger partial charge in [0.1, 0.15) is 10.8 Å². The van der Waals surface area contributed by atoms with Gasteiger partial charge in [0, 0.05) is 31.9 Å². The first kappa shape index (κ1) is 21.0. The zero-order valence-corrected chi connectivity index (χ0v) is 17.4. The highest BCUT2D eigenvalue weighted by molar-refractivity contribution is 6.33. The number of aromatic nitrogens is 2. The van der Waals surface area contributed by atoms with Crippen molar-refractivity contribution in [1.29, 1.82) is 0 Å². The van der Waals surface area contributed by atoms with Crippen molar-refractivity contribution in [2.75, 3.05) is 42.9 Å². The number of benzene rings is 2. The second-order valence-corrected chi connectivity index (χ2v) is 7.59. The number of carbonyl (C=O) groups is 1. The van der Waals surface area contributed by atoms with E-state index in [4.69, 9.17) is 11.6 Å². The summed E-state index contributed by atoms with van der Waals surface area (Å²) in [6.45, 7) is 2.72. The summed E-state index contributed by atoms with van der Waals surface area (Å²) in [5.41, 5.74) is 1.43. The van der Waals surface area contributed by atoms with Crippen LogP contribution in [0.4, 0.5) is 15.8 Å². The number of hydrogen-bond donors (Lipinski definition) is 1. The average Bonchev–Trinajstić information content (AvgIpc) is 2.78. The van der Waals surface area contributed by atoms with Crippen LogP contribution in [0.25, 0.3) is 5.69 Å². The third-order valence-corrected chi connectivity index (χ3v) is 5.46. The van der Waals surface area contributed by atoms with E-state index in [0.717, 1.165) is 0 Å².